The van der Waals surface area contributed by atoms with Crippen LogP contribution in [-0.2, 0) is 4.79 Å². The highest BCUT2D eigenvalue weighted by atomic mass is 32.2. The molecule has 1 amide bonds. The standard InChI is InChI=1S/C23H21N3O2S2/c1-14-8-9-17(12-16(14)3)24-20(27)13-30-23-25-18-10-11-29-21(18)22(28)26(23)19-7-5-4-6-15(19)2/h4-12H,13H2,1-3H3,(H,24,27). The zero-order chi connectivity index (χ0) is 21.3. The highest BCUT2D eigenvalue weighted by molar-refractivity contribution is 7.99. The van der Waals surface area contributed by atoms with Crippen LogP contribution in [0, 0.1) is 20.8 Å². The van der Waals surface area contributed by atoms with Crippen molar-refractivity contribution in [3.8, 4) is 5.69 Å². The monoisotopic (exact) mass is 435 g/mol. The number of nitrogens with zero attached hydrogens (tertiary/aromatic N) is 2. The molecule has 0 saturated heterocycles. The van der Waals surface area contributed by atoms with Crippen LogP contribution in [0.25, 0.3) is 15.9 Å². The lowest BCUT2D eigenvalue weighted by Crippen LogP contribution is -2.22. The molecular formula is C23H21N3O2S2. The molecule has 0 atom stereocenters. The van der Waals surface area contributed by atoms with Gasteiger partial charge in [-0.3, -0.25) is 14.2 Å². The van der Waals surface area contributed by atoms with Gasteiger partial charge in [0.15, 0.2) is 5.16 Å². The first kappa shape index (κ1) is 20.4. The molecule has 0 radical (unpaired) electrons. The van der Waals surface area contributed by atoms with E-state index in [0.29, 0.717) is 15.4 Å². The lowest BCUT2D eigenvalue weighted by atomic mass is 10.1. The Morgan fingerprint density at radius 2 is 1.87 bits per heavy atom. The summed E-state index contributed by atoms with van der Waals surface area (Å²) in [5.41, 5.74) is 5.37. The summed E-state index contributed by atoms with van der Waals surface area (Å²) in [6.07, 6.45) is 0. The molecule has 0 saturated carbocycles. The number of rotatable bonds is 5. The SMILES string of the molecule is Cc1ccc(NC(=O)CSc2nc3ccsc3c(=O)n2-c2ccccc2C)cc1C. The van der Waals surface area contributed by atoms with Gasteiger partial charge in [-0.1, -0.05) is 36.0 Å². The molecule has 30 heavy (non-hydrogen) atoms. The van der Waals surface area contributed by atoms with Crippen LogP contribution in [0.4, 0.5) is 5.69 Å². The van der Waals surface area contributed by atoms with Gasteiger partial charge in [0.25, 0.3) is 5.56 Å². The van der Waals surface area contributed by atoms with Crippen molar-refractivity contribution in [1.82, 2.24) is 9.55 Å². The van der Waals surface area contributed by atoms with Gasteiger partial charge >= 0.3 is 0 Å². The summed E-state index contributed by atoms with van der Waals surface area (Å²) < 4.78 is 2.23. The number of carbonyl (C=O) groups excluding carboxylic acids is 1. The average molecular weight is 436 g/mol. The van der Waals surface area contributed by atoms with E-state index in [1.165, 1.54) is 28.7 Å². The number of thiophene rings is 1. The van der Waals surface area contributed by atoms with Gasteiger partial charge in [-0.25, -0.2) is 4.98 Å². The van der Waals surface area contributed by atoms with E-state index in [9.17, 15) is 9.59 Å². The molecule has 2 heterocycles. The third-order valence-electron chi connectivity index (χ3n) is 4.93. The number of anilines is 1. The number of aromatic nitrogens is 2. The van der Waals surface area contributed by atoms with E-state index < -0.39 is 0 Å². The molecule has 4 rings (SSSR count). The fourth-order valence-corrected chi connectivity index (χ4v) is 4.73. The molecule has 0 unspecified atom stereocenters. The third kappa shape index (κ3) is 4.04. The third-order valence-corrected chi connectivity index (χ3v) is 6.76. The van der Waals surface area contributed by atoms with Crippen LogP contribution in [0.3, 0.4) is 0 Å². The molecule has 0 bridgehead atoms. The second-order valence-corrected chi connectivity index (χ2v) is 8.95. The van der Waals surface area contributed by atoms with Crippen molar-refractivity contribution in [1.29, 1.82) is 0 Å². The lowest BCUT2D eigenvalue weighted by molar-refractivity contribution is -0.113. The van der Waals surface area contributed by atoms with Gasteiger partial charge in [0.05, 0.1) is 17.0 Å². The van der Waals surface area contributed by atoms with E-state index in [1.54, 1.807) is 4.57 Å². The second-order valence-electron chi connectivity index (χ2n) is 7.09. The van der Waals surface area contributed by atoms with E-state index >= 15 is 0 Å². The maximum atomic E-state index is 13.2. The first-order valence-corrected chi connectivity index (χ1v) is 11.4. The molecular weight excluding hydrogens is 414 g/mol. The number of nitrogens with one attached hydrogen (secondary N) is 1. The molecule has 5 nitrogen and oxygen atoms in total. The van der Waals surface area contributed by atoms with E-state index in [4.69, 9.17) is 0 Å². The lowest BCUT2D eigenvalue weighted by Gasteiger charge is -2.14. The molecule has 152 valence electrons. The van der Waals surface area contributed by atoms with E-state index in [1.807, 2.05) is 74.7 Å². The number of thioether (sulfide) groups is 1. The number of hydrogen-bond acceptors (Lipinski definition) is 5. The summed E-state index contributed by atoms with van der Waals surface area (Å²) in [6.45, 7) is 6.01. The zero-order valence-corrected chi connectivity index (χ0v) is 18.6. The number of carbonyl (C=O) groups is 1. The van der Waals surface area contributed by atoms with Gasteiger partial charge in [0.1, 0.15) is 4.70 Å². The number of amides is 1. The fourth-order valence-electron chi connectivity index (χ4n) is 3.16. The Balaban J connectivity index is 1.64. The van der Waals surface area contributed by atoms with Crippen LogP contribution in [0.2, 0.25) is 0 Å². The smallest absolute Gasteiger partial charge is 0.276 e. The highest BCUT2D eigenvalue weighted by Gasteiger charge is 2.17. The van der Waals surface area contributed by atoms with Crippen molar-refractivity contribution in [2.24, 2.45) is 0 Å². The molecule has 4 aromatic rings. The van der Waals surface area contributed by atoms with Crippen molar-refractivity contribution in [3.63, 3.8) is 0 Å². The molecule has 0 fully saturated rings. The van der Waals surface area contributed by atoms with Crippen molar-refractivity contribution in [3.05, 3.63) is 81.0 Å². The Morgan fingerprint density at radius 3 is 2.63 bits per heavy atom. The maximum Gasteiger partial charge on any atom is 0.276 e. The van der Waals surface area contributed by atoms with Crippen LogP contribution in [0.1, 0.15) is 16.7 Å². The van der Waals surface area contributed by atoms with E-state index in [-0.39, 0.29) is 17.2 Å². The first-order chi connectivity index (χ1) is 14.4. The molecule has 0 aliphatic carbocycles. The Bertz CT molecular complexity index is 1310. The summed E-state index contributed by atoms with van der Waals surface area (Å²) in [5, 5.41) is 5.30. The number of para-hydroxylation sites is 1. The molecule has 0 aliphatic rings. The number of fused-ring (bicyclic) bond motifs is 1. The molecule has 0 aliphatic heterocycles. The predicted octanol–water partition coefficient (Wildman–Crippen LogP) is 5.10. The minimum Gasteiger partial charge on any atom is -0.325 e. The summed E-state index contributed by atoms with van der Waals surface area (Å²) in [7, 11) is 0. The topological polar surface area (TPSA) is 64.0 Å². The molecule has 7 heteroatoms. The van der Waals surface area contributed by atoms with Crippen LogP contribution in [-0.4, -0.2) is 21.2 Å². The number of aryl methyl sites for hydroxylation is 3. The number of hydrogen-bond donors (Lipinski definition) is 1. The van der Waals surface area contributed by atoms with Gasteiger partial charge in [-0.05, 0) is 67.1 Å². The minimum atomic E-state index is -0.140. The second kappa shape index (κ2) is 8.45. The van der Waals surface area contributed by atoms with Gasteiger partial charge in [-0.15, -0.1) is 11.3 Å². The van der Waals surface area contributed by atoms with Gasteiger partial charge in [0, 0.05) is 5.69 Å². The van der Waals surface area contributed by atoms with Crippen LogP contribution >= 0.6 is 23.1 Å². The molecule has 2 aromatic heterocycles. The summed E-state index contributed by atoms with van der Waals surface area (Å²) in [5.74, 6) is 0.0141. The van der Waals surface area contributed by atoms with Crippen molar-refractivity contribution in [2.45, 2.75) is 25.9 Å². The Hall–Kier alpha value is -2.90. The Morgan fingerprint density at radius 1 is 1.07 bits per heavy atom. The van der Waals surface area contributed by atoms with Crippen LogP contribution < -0.4 is 10.9 Å². The summed E-state index contributed by atoms with van der Waals surface area (Å²) in [6, 6.07) is 15.4. The van der Waals surface area contributed by atoms with E-state index in [2.05, 4.69) is 10.3 Å². The normalized spacial score (nSPS) is 11.0. The van der Waals surface area contributed by atoms with Gasteiger partial charge < -0.3 is 5.32 Å². The summed E-state index contributed by atoms with van der Waals surface area (Å²) in [4.78, 5) is 30.4. The van der Waals surface area contributed by atoms with Crippen LogP contribution in [0.15, 0.2) is 63.9 Å². The van der Waals surface area contributed by atoms with Crippen LogP contribution in [0.5, 0.6) is 0 Å². The first-order valence-electron chi connectivity index (χ1n) is 9.50. The quantitative estimate of drug-likeness (QED) is 0.350. The fraction of sp³-hybridized carbons (Fsp3) is 0.174. The van der Waals surface area contributed by atoms with Gasteiger partial charge in [0.2, 0.25) is 5.91 Å². The zero-order valence-electron chi connectivity index (χ0n) is 16.9. The maximum absolute atomic E-state index is 13.2. The average Bonchev–Trinajstić information content (AvgIpc) is 3.19. The molecule has 1 N–H and O–H groups in total. The van der Waals surface area contributed by atoms with Crippen molar-refractivity contribution >= 4 is 44.9 Å². The van der Waals surface area contributed by atoms with Crippen molar-refractivity contribution < 1.29 is 4.79 Å². The van der Waals surface area contributed by atoms with Gasteiger partial charge in [-0.2, -0.15) is 0 Å². The molecule has 2 aromatic carbocycles. The summed E-state index contributed by atoms with van der Waals surface area (Å²) >= 11 is 2.64. The minimum absolute atomic E-state index is 0.110. The number of benzene rings is 2. The van der Waals surface area contributed by atoms with E-state index in [0.717, 1.165) is 22.5 Å². The predicted molar refractivity (Wildman–Crippen MR) is 125 cm³/mol. The molecule has 0 spiro atoms. The Labute approximate surface area is 182 Å². The van der Waals surface area contributed by atoms with Crippen molar-refractivity contribution in [2.75, 3.05) is 11.1 Å². The highest BCUT2D eigenvalue weighted by Crippen LogP contribution is 2.25. The largest absolute Gasteiger partial charge is 0.325 e. The Kier molecular flexibility index (Phi) is 5.74.